The highest BCUT2D eigenvalue weighted by Crippen LogP contribution is 2.34. The van der Waals surface area contributed by atoms with Crippen LogP contribution >= 0.6 is 0 Å². The molecule has 116 valence electrons. The Morgan fingerprint density at radius 3 is 2.48 bits per heavy atom. The topological polar surface area (TPSA) is 78.4 Å². The first-order valence-electron chi connectivity index (χ1n) is 6.15. The first-order chi connectivity index (χ1) is 9.70. The van der Waals surface area contributed by atoms with Crippen LogP contribution in [-0.4, -0.2) is 23.1 Å². The third-order valence-corrected chi connectivity index (χ3v) is 2.65. The number of nitrogens with one attached hydrogen (secondary N) is 2. The number of carbonyl (C=O) groups is 2. The van der Waals surface area contributed by atoms with Crippen LogP contribution < -0.4 is 10.6 Å². The van der Waals surface area contributed by atoms with Crippen LogP contribution in [0.5, 0.6) is 0 Å². The van der Waals surface area contributed by atoms with Crippen molar-refractivity contribution in [1.82, 2.24) is 5.32 Å². The summed E-state index contributed by atoms with van der Waals surface area (Å²) in [6.45, 7) is 1.57. The molecule has 0 spiro atoms. The van der Waals surface area contributed by atoms with E-state index in [2.05, 4.69) is 10.6 Å². The van der Waals surface area contributed by atoms with Crippen LogP contribution in [0.3, 0.4) is 0 Å². The second-order valence-corrected chi connectivity index (χ2v) is 4.48. The van der Waals surface area contributed by atoms with E-state index in [0.717, 1.165) is 12.1 Å². The summed E-state index contributed by atoms with van der Waals surface area (Å²) < 4.78 is 38.2. The van der Waals surface area contributed by atoms with Crippen molar-refractivity contribution < 1.29 is 27.9 Å². The standard InChI is InChI=1S/C13H15F3N2O3/c1-8(6-7-11(19)20)17-12(21)18-10-5-3-2-4-9(10)13(14,15)16/h2-5,8H,6-7H2,1H3,(H,19,20)(H2,17,18,21). The number of urea groups is 1. The minimum atomic E-state index is -4.57. The van der Waals surface area contributed by atoms with Gasteiger partial charge in [-0.25, -0.2) is 4.79 Å². The van der Waals surface area contributed by atoms with Crippen molar-refractivity contribution >= 4 is 17.7 Å². The summed E-state index contributed by atoms with van der Waals surface area (Å²) in [5.41, 5.74) is -1.30. The maximum atomic E-state index is 12.7. The van der Waals surface area contributed by atoms with Gasteiger partial charge in [0, 0.05) is 12.5 Å². The lowest BCUT2D eigenvalue weighted by Crippen LogP contribution is -2.36. The number of carboxylic acids is 1. The number of alkyl halides is 3. The van der Waals surface area contributed by atoms with E-state index in [-0.39, 0.29) is 18.5 Å². The van der Waals surface area contributed by atoms with Gasteiger partial charge in [0.05, 0.1) is 11.3 Å². The molecule has 0 aliphatic rings. The van der Waals surface area contributed by atoms with E-state index >= 15 is 0 Å². The molecule has 1 unspecified atom stereocenters. The normalized spacial score (nSPS) is 12.6. The molecule has 21 heavy (non-hydrogen) atoms. The lowest BCUT2D eigenvalue weighted by Gasteiger charge is -2.16. The number of hydrogen-bond donors (Lipinski definition) is 3. The minimum Gasteiger partial charge on any atom is -0.481 e. The number of para-hydroxylation sites is 1. The van der Waals surface area contributed by atoms with Crippen molar-refractivity contribution in [2.75, 3.05) is 5.32 Å². The van der Waals surface area contributed by atoms with E-state index in [1.807, 2.05) is 0 Å². The Morgan fingerprint density at radius 2 is 1.90 bits per heavy atom. The van der Waals surface area contributed by atoms with Gasteiger partial charge in [-0.2, -0.15) is 13.2 Å². The lowest BCUT2D eigenvalue weighted by atomic mass is 10.1. The van der Waals surface area contributed by atoms with Crippen LogP contribution in [0.4, 0.5) is 23.7 Å². The lowest BCUT2D eigenvalue weighted by molar-refractivity contribution is -0.138. The molecule has 5 nitrogen and oxygen atoms in total. The number of aliphatic carboxylic acids is 1. The number of rotatable bonds is 5. The molecule has 3 N–H and O–H groups in total. The molecular formula is C13H15F3N2O3. The maximum Gasteiger partial charge on any atom is 0.418 e. The summed E-state index contributed by atoms with van der Waals surface area (Å²) in [6.07, 6.45) is -4.52. The number of anilines is 1. The molecule has 0 saturated carbocycles. The van der Waals surface area contributed by atoms with E-state index in [1.165, 1.54) is 12.1 Å². The van der Waals surface area contributed by atoms with Crippen molar-refractivity contribution in [3.8, 4) is 0 Å². The molecule has 1 rings (SSSR count). The third kappa shape index (κ3) is 5.72. The zero-order valence-electron chi connectivity index (χ0n) is 11.2. The van der Waals surface area contributed by atoms with Gasteiger partial charge in [-0.1, -0.05) is 12.1 Å². The smallest absolute Gasteiger partial charge is 0.418 e. The SMILES string of the molecule is CC(CCC(=O)O)NC(=O)Nc1ccccc1C(F)(F)F. The predicted octanol–water partition coefficient (Wildman–Crippen LogP) is 3.08. The molecule has 0 radical (unpaired) electrons. The fourth-order valence-electron chi connectivity index (χ4n) is 1.63. The van der Waals surface area contributed by atoms with Crippen molar-refractivity contribution in [3.63, 3.8) is 0 Å². The Bertz CT molecular complexity index is 518. The van der Waals surface area contributed by atoms with Crippen LogP contribution in [0.2, 0.25) is 0 Å². The van der Waals surface area contributed by atoms with Gasteiger partial charge in [0.2, 0.25) is 0 Å². The van der Waals surface area contributed by atoms with Crippen molar-refractivity contribution in [2.45, 2.75) is 32.0 Å². The number of hydrogen-bond acceptors (Lipinski definition) is 2. The Labute approximate surface area is 119 Å². The van der Waals surface area contributed by atoms with Gasteiger partial charge in [0.15, 0.2) is 0 Å². The third-order valence-electron chi connectivity index (χ3n) is 2.65. The van der Waals surface area contributed by atoms with Gasteiger partial charge >= 0.3 is 18.2 Å². The number of benzene rings is 1. The highest BCUT2D eigenvalue weighted by molar-refractivity contribution is 5.90. The number of carbonyl (C=O) groups excluding carboxylic acids is 1. The predicted molar refractivity (Wildman–Crippen MR) is 69.9 cm³/mol. The molecular weight excluding hydrogens is 289 g/mol. The molecule has 1 aromatic carbocycles. The molecule has 1 atom stereocenters. The van der Waals surface area contributed by atoms with Gasteiger partial charge in [0.25, 0.3) is 0 Å². The van der Waals surface area contributed by atoms with Gasteiger partial charge in [0.1, 0.15) is 0 Å². The largest absolute Gasteiger partial charge is 0.481 e. The summed E-state index contributed by atoms with van der Waals surface area (Å²) in [5, 5.41) is 13.0. The Balaban J connectivity index is 2.65. The minimum absolute atomic E-state index is 0.138. The Morgan fingerprint density at radius 1 is 1.29 bits per heavy atom. The summed E-state index contributed by atoms with van der Waals surface area (Å²) in [7, 11) is 0. The number of amides is 2. The molecule has 2 amide bonds. The van der Waals surface area contributed by atoms with Gasteiger partial charge in [-0.15, -0.1) is 0 Å². The van der Waals surface area contributed by atoms with Crippen LogP contribution in [0, 0.1) is 0 Å². The highest BCUT2D eigenvalue weighted by atomic mass is 19.4. The molecule has 0 bridgehead atoms. The molecule has 8 heteroatoms. The summed E-state index contributed by atoms with van der Waals surface area (Å²) >= 11 is 0. The molecule has 0 heterocycles. The maximum absolute atomic E-state index is 12.7. The quantitative estimate of drug-likeness (QED) is 0.782. The zero-order valence-corrected chi connectivity index (χ0v) is 11.2. The van der Waals surface area contributed by atoms with Crippen LogP contribution in [0.1, 0.15) is 25.3 Å². The van der Waals surface area contributed by atoms with E-state index in [0.29, 0.717) is 0 Å². The average Bonchev–Trinajstić information content (AvgIpc) is 2.35. The summed E-state index contributed by atoms with van der Waals surface area (Å²) in [5.74, 6) is -1.01. The van der Waals surface area contributed by atoms with Crippen LogP contribution in [0.25, 0.3) is 0 Å². The number of halogens is 3. The van der Waals surface area contributed by atoms with Gasteiger partial charge in [-0.3, -0.25) is 4.79 Å². The monoisotopic (exact) mass is 304 g/mol. The van der Waals surface area contributed by atoms with Crippen LogP contribution in [0.15, 0.2) is 24.3 Å². The molecule has 0 aromatic heterocycles. The molecule has 1 aromatic rings. The van der Waals surface area contributed by atoms with Gasteiger partial charge < -0.3 is 15.7 Å². The Hall–Kier alpha value is -2.25. The van der Waals surface area contributed by atoms with Crippen molar-refractivity contribution in [1.29, 1.82) is 0 Å². The van der Waals surface area contributed by atoms with Crippen LogP contribution in [-0.2, 0) is 11.0 Å². The zero-order chi connectivity index (χ0) is 16.0. The van der Waals surface area contributed by atoms with E-state index in [4.69, 9.17) is 5.11 Å². The molecule has 0 saturated heterocycles. The first-order valence-corrected chi connectivity index (χ1v) is 6.15. The molecule has 0 fully saturated rings. The number of carboxylic acid groups (broad SMARTS) is 1. The Kier molecular flexibility index (Phi) is 5.57. The van der Waals surface area contributed by atoms with Crippen molar-refractivity contribution in [3.05, 3.63) is 29.8 Å². The fourth-order valence-corrected chi connectivity index (χ4v) is 1.63. The van der Waals surface area contributed by atoms with E-state index < -0.39 is 29.8 Å². The first kappa shape index (κ1) is 16.8. The second-order valence-electron chi connectivity index (χ2n) is 4.48. The van der Waals surface area contributed by atoms with E-state index in [1.54, 1.807) is 6.92 Å². The van der Waals surface area contributed by atoms with Gasteiger partial charge in [-0.05, 0) is 25.5 Å². The highest BCUT2D eigenvalue weighted by Gasteiger charge is 2.33. The summed E-state index contributed by atoms with van der Waals surface area (Å²) in [4.78, 5) is 22.0. The second kappa shape index (κ2) is 6.96. The average molecular weight is 304 g/mol. The fraction of sp³-hybridized carbons (Fsp3) is 0.385. The van der Waals surface area contributed by atoms with Crippen molar-refractivity contribution in [2.24, 2.45) is 0 Å². The van der Waals surface area contributed by atoms with E-state index in [9.17, 15) is 22.8 Å². The summed E-state index contributed by atoms with van der Waals surface area (Å²) in [6, 6.07) is 3.32. The molecule has 0 aliphatic carbocycles. The molecule has 0 aliphatic heterocycles.